The Morgan fingerprint density at radius 3 is 2.68 bits per heavy atom. The molecule has 1 N–H and O–H groups in total. The van der Waals surface area contributed by atoms with Gasteiger partial charge in [-0.15, -0.1) is 0 Å². The predicted octanol–water partition coefficient (Wildman–Crippen LogP) is 2.82. The number of benzene rings is 2. The average molecular weight is 340 g/mol. The Kier molecular flexibility index (Phi) is 4.97. The number of ether oxygens (including phenoxy) is 1. The van der Waals surface area contributed by atoms with Crippen molar-refractivity contribution in [2.24, 2.45) is 0 Å². The van der Waals surface area contributed by atoms with E-state index in [9.17, 15) is 14.9 Å². The molecule has 0 bridgehead atoms. The topological polar surface area (TPSA) is 81.5 Å². The summed E-state index contributed by atoms with van der Waals surface area (Å²) in [5, 5.41) is 13.6. The Bertz CT molecular complexity index is 787. The number of nitrogens with one attached hydrogen (secondary N) is 1. The van der Waals surface area contributed by atoms with Gasteiger partial charge in [-0.25, -0.2) is 0 Å². The lowest BCUT2D eigenvalue weighted by Crippen LogP contribution is -2.35. The van der Waals surface area contributed by atoms with Crippen LogP contribution in [0.5, 0.6) is 5.75 Å². The number of hydrogen-bond donors (Lipinski definition) is 1. The van der Waals surface area contributed by atoms with Crippen molar-refractivity contribution in [3.05, 3.63) is 69.3 Å². The van der Waals surface area contributed by atoms with E-state index in [4.69, 9.17) is 4.74 Å². The lowest BCUT2D eigenvalue weighted by Gasteiger charge is -2.14. The van der Waals surface area contributed by atoms with E-state index in [0.717, 1.165) is 30.8 Å². The number of nitro benzene ring substituents is 1. The molecule has 2 aromatic carbocycles. The minimum atomic E-state index is -0.451. The van der Waals surface area contributed by atoms with Gasteiger partial charge in [0.15, 0.2) is 0 Å². The molecule has 130 valence electrons. The monoisotopic (exact) mass is 340 g/mol. The number of non-ortho nitro benzene ring substituents is 1. The molecule has 25 heavy (non-hydrogen) atoms. The van der Waals surface area contributed by atoms with Crippen LogP contribution in [0.2, 0.25) is 0 Å². The number of hydrogen-bond acceptors (Lipinski definition) is 4. The number of carbonyl (C=O) groups is 1. The Hall–Kier alpha value is -2.89. The molecule has 1 aliphatic rings. The summed E-state index contributed by atoms with van der Waals surface area (Å²) in [6, 6.07) is 12.2. The first kappa shape index (κ1) is 17.0. The fraction of sp³-hybridized carbons (Fsp3) is 0.316. The first-order valence-corrected chi connectivity index (χ1v) is 8.28. The van der Waals surface area contributed by atoms with E-state index >= 15 is 0 Å². The standard InChI is InChI=1S/C19H20N2O4/c1-13(10-15-4-7-18-16(11-15)8-9-25-18)20-19(22)12-14-2-5-17(6-3-14)21(23)24/h2-7,11,13H,8-10,12H2,1H3,(H,20,22). The second-order valence-electron chi connectivity index (χ2n) is 6.31. The maximum Gasteiger partial charge on any atom is 0.269 e. The number of nitrogens with zero attached hydrogens (tertiary/aromatic N) is 1. The minimum Gasteiger partial charge on any atom is -0.493 e. The highest BCUT2D eigenvalue weighted by Crippen LogP contribution is 2.26. The van der Waals surface area contributed by atoms with Crippen LogP contribution in [-0.4, -0.2) is 23.5 Å². The average Bonchev–Trinajstić information content (AvgIpc) is 3.02. The van der Waals surface area contributed by atoms with E-state index in [1.54, 1.807) is 12.1 Å². The highest BCUT2D eigenvalue weighted by atomic mass is 16.6. The van der Waals surface area contributed by atoms with Crippen LogP contribution in [-0.2, 0) is 24.1 Å². The molecule has 1 unspecified atom stereocenters. The highest BCUT2D eigenvalue weighted by Gasteiger charge is 2.14. The van der Waals surface area contributed by atoms with Crippen molar-refractivity contribution in [3.63, 3.8) is 0 Å². The molecule has 0 spiro atoms. The molecule has 0 saturated carbocycles. The van der Waals surface area contributed by atoms with E-state index < -0.39 is 4.92 Å². The quantitative estimate of drug-likeness (QED) is 0.647. The molecule has 3 rings (SSSR count). The van der Waals surface area contributed by atoms with Crippen molar-refractivity contribution in [2.45, 2.75) is 32.2 Å². The van der Waals surface area contributed by atoms with Crippen LogP contribution >= 0.6 is 0 Å². The number of amides is 1. The van der Waals surface area contributed by atoms with Crippen LogP contribution in [0.3, 0.4) is 0 Å². The molecule has 1 aliphatic heterocycles. The van der Waals surface area contributed by atoms with Crippen molar-refractivity contribution < 1.29 is 14.5 Å². The molecule has 1 amide bonds. The van der Waals surface area contributed by atoms with Gasteiger partial charge >= 0.3 is 0 Å². The zero-order chi connectivity index (χ0) is 17.8. The molecule has 6 nitrogen and oxygen atoms in total. The number of carbonyl (C=O) groups excluding carboxylic acids is 1. The molecule has 0 radical (unpaired) electrons. The van der Waals surface area contributed by atoms with Gasteiger partial charge in [0.25, 0.3) is 5.69 Å². The van der Waals surface area contributed by atoms with Gasteiger partial charge in [-0.2, -0.15) is 0 Å². The molecular formula is C19H20N2O4. The number of fused-ring (bicyclic) bond motifs is 1. The van der Waals surface area contributed by atoms with Gasteiger partial charge in [-0.3, -0.25) is 14.9 Å². The van der Waals surface area contributed by atoms with Crippen LogP contribution in [0.4, 0.5) is 5.69 Å². The normalized spacial score (nSPS) is 13.6. The summed E-state index contributed by atoms with van der Waals surface area (Å²) in [5.74, 6) is 0.865. The third kappa shape index (κ3) is 4.35. The smallest absolute Gasteiger partial charge is 0.269 e. The predicted molar refractivity (Wildman–Crippen MR) is 93.8 cm³/mol. The lowest BCUT2D eigenvalue weighted by molar-refractivity contribution is -0.384. The molecule has 1 heterocycles. The van der Waals surface area contributed by atoms with Crippen molar-refractivity contribution in [3.8, 4) is 5.75 Å². The van der Waals surface area contributed by atoms with Gasteiger partial charge in [0.05, 0.1) is 18.0 Å². The molecule has 6 heteroatoms. The van der Waals surface area contributed by atoms with Gasteiger partial charge in [0.1, 0.15) is 5.75 Å². The Balaban J connectivity index is 1.52. The fourth-order valence-corrected chi connectivity index (χ4v) is 3.02. The Morgan fingerprint density at radius 1 is 1.24 bits per heavy atom. The molecule has 0 saturated heterocycles. The fourth-order valence-electron chi connectivity index (χ4n) is 3.02. The van der Waals surface area contributed by atoms with E-state index in [1.807, 2.05) is 19.1 Å². The zero-order valence-electron chi connectivity index (χ0n) is 14.0. The SMILES string of the molecule is CC(Cc1ccc2c(c1)CCO2)NC(=O)Cc1ccc([N+](=O)[O-])cc1. The van der Waals surface area contributed by atoms with Gasteiger partial charge in [0.2, 0.25) is 5.91 Å². The van der Waals surface area contributed by atoms with Gasteiger partial charge in [-0.05, 0) is 36.1 Å². The largest absolute Gasteiger partial charge is 0.493 e. The van der Waals surface area contributed by atoms with Gasteiger partial charge in [0, 0.05) is 24.6 Å². The summed E-state index contributed by atoms with van der Waals surface area (Å²) < 4.78 is 5.50. The second-order valence-corrected chi connectivity index (χ2v) is 6.31. The zero-order valence-corrected chi connectivity index (χ0v) is 14.0. The van der Waals surface area contributed by atoms with E-state index in [1.165, 1.54) is 23.3 Å². The maximum absolute atomic E-state index is 12.2. The third-order valence-electron chi connectivity index (χ3n) is 4.21. The van der Waals surface area contributed by atoms with E-state index in [2.05, 4.69) is 11.4 Å². The second kappa shape index (κ2) is 7.34. The maximum atomic E-state index is 12.2. The Labute approximate surface area is 146 Å². The molecule has 1 atom stereocenters. The van der Waals surface area contributed by atoms with E-state index in [0.29, 0.717) is 0 Å². The summed E-state index contributed by atoms with van der Waals surface area (Å²) in [7, 11) is 0. The van der Waals surface area contributed by atoms with Gasteiger partial charge in [-0.1, -0.05) is 24.3 Å². The summed E-state index contributed by atoms with van der Waals surface area (Å²) in [6.07, 6.45) is 1.89. The van der Waals surface area contributed by atoms with Crippen LogP contribution in [0.15, 0.2) is 42.5 Å². The molecule has 0 aliphatic carbocycles. The first-order chi connectivity index (χ1) is 12.0. The lowest BCUT2D eigenvalue weighted by atomic mass is 10.0. The van der Waals surface area contributed by atoms with Crippen molar-refractivity contribution >= 4 is 11.6 Å². The van der Waals surface area contributed by atoms with Crippen molar-refractivity contribution in [1.82, 2.24) is 5.32 Å². The van der Waals surface area contributed by atoms with Crippen molar-refractivity contribution in [2.75, 3.05) is 6.61 Å². The minimum absolute atomic E-state index is 0.00548. The third-order valence-corrected chi connectivity index (χ3v) is 4.21. The summed E-state index contributed by atoms with van der Waals surface area (Å²) in [6.45, 7) is 2.71. The summed E-state index contributed by atoms with van der Waals surface area (Å²) >= 11 is 0. The number of rotatable bonds is 6. The van der Waals surface area contributed by atoms with Crippen molar-refractivity contribution in [1.29, 1.82) is 0 Å². The van der Waals surface area contributed by atoms with Crippen LogP contribution < -0.4 is 10.1 Å². The Morgan fingerprint density at radius 2 is 1.96 bits per heavy atom. The van der Waals surface area contributed by atoms with Crippen LogP contribution in [0, 0.1) is 10.1 Å². The molecule has 0 aromatic heterocycles. The van der Waals surface area contributed by atoms with Crippen LogP contribution in [0.25, 0.3) is 0 Å². The summed E-state index contributed by atoms with van der Waals surface area (Å²) in [4.78, 5) is 22.3. The number of nitro groups is 1. The molecular weight excluding hydrogens is 320 g/mol. The molecule has 2 aromatic rings. The van der Waals surface area contributed by atoms with Crippen LogP contribution in [0.1, 0.15) is 23.6 Å². The first-order valence-electron chi connectivity index (χ1n) is 8.28. The van der Waals surface area contributed by atoms with Gasteiger partial charge < -0.3 is 10.1 Å². The van der Waals surface area contributed by atoms with E-state index in [-0.39, 0.29) is 24.1 Å². The summed E-state index contributed by atoms with van der Waals surface area (Å²) in [5.41, 5.74) is 3.18. The molecule has 0 fully saturated rings. The highest BCUT2D eigenvalue weighted by molar-refractivity contribution is 5.78.